The zero-order valence-electron chi connectivity index (χ0n) is 10.2. The van der Waals surface area contributed by atoms with E-state index in [9.17, 15) is 4.79 Å². The van der Waals surface area contributed by atoms with Crippen molar-refractivity contribution in [2.24, 2.45) is 0 Å². The average molecular weight is 273 g/mol. The van der Waals surface area contributed by atoms with Crippen LogP contribution in [-0.2, 0) is 6.54 Å². The molecule has 0 bridgehead atoms. The maximum atomic E-state index is 10.9. The van der Waals surface area contributed by atoms with Gasteiger partial charge in [0.1, 0.15) is 4.88 Å². The predicted octanol–water partition coefficient (Wildman–Crippen LogP) is 2.63. The second-order valence-corrected chi connectivity index (χ2v) is 4.90. The van der Waals surface area contributed by atoms with Crippen molar-refractivity contribution < 1.29 is 9.90 Å². The fraction of sp³-hybridized carbons (Fsp3) is 0.154. The molecule has 0 radical (unpaired) electrons. The number of carbonyl (C=O) groups is 1. The summed E-state index contributed by atoms with van der Waals surface area (Å²) in [6.07, 6.45) is 0. The van der Waals surface area contributed by atoms with Gasteiger partial charge in [0.25, 0.3) is 0 Å². The molecule has 1 aromatic heterocycles. The highest BCUT2D eigenvalue weighted by Crippen LogP contribution is 2.22. The first kappa shape index (κ1) is 13.1. The Kier molecular flexibility index (Phi) is 3.78. The van der Waals surface area contributed by atoms with Crippen LogP contribution in [0.15, 0.2) is 24.3 Å². The Labute approximate surface area is 114 Å². The normalized spacial score (nSPS) is 9.89. The summed E-state index contributed by atoms with van der Waals surface area (Å²) < 4.78 is 0. The quantitative estimate of drug-likeness (QED) is 0.894. The van der Waals surface area contributed by atoms with Crippen LogP contribution in [0.1, 0.15) is 26.5 Å². The first-order chi connectivity index (χ1) is 9.10. The van der Waals surface area contributed by atoms with Gasteiger partial charge in [0.15, 0.2) is 5.13 Å². The number of thiazole rings is 1. The molecule has 96 valence electrons. The van der Waals surface area contributed by atoms with Gasteiger partial charge in [0, 0.05) is 6.54 Å². The Morgan fingerprint density at radius 3 is 3.00 bits per heavy atom. The van der Waals surface area contributed by atoms with Crippen molar-refractivity contribution >= 4 is 22.4 Å². The molecule has 0 atom stereocenters. The summed E-state index contributed by atoms with van der Waals surface area (Å²) in [7, 11) is 0. The number of hydrogen-bond donors (Lipinski definition) is 2. The molecule has 0 unspecified atom stereocenters. The van der Waals surface area contributed by atoms with E-state index in [-0.39, 0.29) is 4.88 Å². The molecule has 1 heterocycles. The molecule has 2 rings (SSSR count). The van der Waals surface area contributed by atoms with Crippen LogP contribution in [0.3, 0.4) is 0 Å². The summed E-state index contributed by atoms with van der Waals surface area (Å²) in [5.41, 5.74) is 2.05. The molecule has 5 nitrogen and oxygen atoms in total. The van der Waals surface area contributed by atoms with E-state index in [1.54, 1.807) is 19.1 Å². The van der Waals surface area contributed by atoms with Gasteiger partial charge < -0.3 is 10.4 Å². The Morgan fingerprint density at radius 1 is 1.58 bits per heavy atom. The van der Waals surface area contributed by atoms with Crippen molar-refractivity contribution in [3.8, 4) is 6.07 Å². The summed E-state index contributed by atoms with van der Waals surface area (Å²) in [5, 5.41) is 21.4. The highest BCUT2D eigenvalue weighted by Gasteiger charge is 2.13. The molecule has 2 aromatic rings. The zero-order chi connectivity index (χ0) is 13.8. The van der Waals surface area contributed by atoms with Crippen molar-refractivity contribution in [1.29, 1.82) is 5.26 Å². The summed E-state index contributed by atoms with van der Waals surface area (Å²) in [6, 6.07) is 9.30. The molecule has 0 aliphatic rings. The molecule has 0 fully saturated rings. The van der Waals surface area contributed by atoms with Crippen molar-refractivity contribution in [2.75, 3.05) is 5.32 Å². The molecule has 0 saturated heterocycles. The van der Waals surface area contributed by atoms with E-state index < -0.39 is 5.97 Å². The maximum Gasteiger partial charge on any atom is 0.347 e. The van der Waals surface area contributed by atoms with Crippen LogP contribution in [0, 0.1) is 18.3 Å². The monoisotopic (exact) mass is 273 g/mol. The third-order valence-electron chi connectivity index (χ3n) is 2.49. The number of nitrogens with one attached hydrogen (secondary N) is 1. The van der Waals surface area contributed by atoms with E-state index in [0.29, 0.717) is 22.9 Å². The van der Waals surface area contributed by atoms with Gasteiger partial charge in [-0.25, -0.2) is 9.78 Å². The van der Waals surface area contributed by atoms with Gasteiger partial charge in [0.05, 0.1) is 17.3 Å². The molecular formula is C13H11N3O2S. The third-order valence-corrected chi connectivity index (χ3v) is 3.59. The Hall–Kier alpha value is -2.39. The van der Waals surface area contributed by atoms with Gasteiger partial charge in [-0.05, 0) is 24.6 Å². The van der Waals surface area contributed by atoms with E-state index in [1.165, 1.54) is 0 Å². The Bertz CT molecular complexity index is 658. The van der Waals surface area contributed by atoms with E-state index in [1.807, 2.05) is 12.1 Å². The lowest BCUT2D eigenvalue weighted by molar-refractivity contribution is 0.0701. The van der Waals surface area contributed by atoms with Gasteiger partial charge in [-0.15, -0.1) is 0 Å². The molecule has 0 aliphatic heterocycles. The molecule has 0 aliphatic carbocycles. The summed E-state index contributed by atoms with van der Waals surface area (Å²) >= 11 is 1.11. The Balaban J connectivity index is 2.08. The highest BCUT2D eigenvalue weighted by atomic mass is 32.1. The molecular weight excluding hydrogens is 262 g/mol. The largest absolute Gasteiger partial charge is 0.477 e. The minimum atomic E-state index is -0.963. The summed E-state index contributed by atoms with van der Waals surface area (Å²) in [4.78, 5) is 15.3. The van der Waals surface area contributed by atoms with E-state index in [0.717, 1.165) is 16.9 Å². The number of hydrogen-bond acceptors (Lipinski definition) is 5. The molecule has 1 aromatic carbocycles. The third kappa shape index (κ3) is 3.09. The maximum absolute atomic E-state index is 10.9. The number of aromatic nitrogens is 1. The number of nitrogens with zero attached hydrogens (tertiary/aromatic N) is 2. The van der Waals surface area contributed by atoms with Crippen LogP contribution in [0.2, 0.25) is 0 Å². The second-order valence-electron chi connectivity index (χ2n) is 3.90. The van der Waals surface area contributed by atoms with Crippen LogP contribution in [0.4, 0.5) is 5.13 Å². The van der Waals surface area contributed by atoms with E-state index >= 15 is 0 Å². The zero-order valence-corrected chi connectivity index (χ0v) is 11.0. The van der Waals surface area contributed by atoms with Crippen LogP contribution in [0.25, 0.3) is 0 Å². The van der Waals surface area contributed by atoms with Gasteiger partial charge in [-0.2, -0.15) is 5.26 Å². The number of anilines is 1. The van der Waals surface area contributed by atoms with E-state index in [4.69, 9.17) is 10.4 Å². The first-order valence-corrected chi connectivity index (χ1v) is 6.35. The average Bonchev–Trinajstić information content (AvgIpc) is 2.78. The topological polar surface area (TPSA) is 86.0 Å². The number of nitriles is 1. The number of rotatable bonds is 4. The lowest BCUT2D eigenvalue weighted by atomic mass is 10.1. The van der Waals surface area contributed by atoms with Gasteiger partial charge >= 0.3 is 5.97 Å². The summed E-state index contributed by atoms with van der Waals surface area (Å²) in [5.74, 6) is -0.963. The van der Waals surface area contributed by atoms with Crippen molar-refractivity contribution in [3.05, 3.63) is 46.0 Å². The number of aryl methyl sites for hydroxylation is 1. The van der Waals surface area contributed by atoms with Crippen LogP contribution in [-0.4, -0.2) is 16.1 Å². The molecule has 0 spiro atoms. The number of benzene rings is 1. The minimum absolute atomic E-state index is 0.244. The summed E-state index contributed by atoms with van der Waals surface area (Å²) in [6.45, 7) is 2.17. The molecule has 2 N–H and O–H groups in total. The first-order valence-electron chi connectivity index (χ1n) is 5.54. The van der Waals surface area contributed by atoms with Crippen LogP contribution < -0.4 is 5.32 Å². The SMILES string of the molecule is Cc1nc(NCc2cccc(C#N)c2)sc1C(=O)O. The molecule has 0 saturated carbocycles. The lowest BCUT2D eigenvalue weighted by Crippen LogP contribution is -1.99. The van der Waals surface area contributed by atoms with E-state index in [2.05, 4.69) is 16.4 Å². The Morgan fingerprint density at radius 2 is 2.37 bits per heavy atom. The molecule has 19 heavy (non-hydrogen) atoms. The van der Waals surface area contributed by atoms with Gasteiger partial charge in [-0.3, -0.25) is 0 Å². The number of carboxylic acids is 1. The molecule has 6 heteroatoms. The number of aromatic carboxylic acids is 1. The standard InChI is InChI=1S/C13H11N3O2S/c1-8-11(12(17)18)19-13(16-8)15-7-10-4-2-3-9(5-10)6-14/h2-5H,7H2,1H3,(H,15,16)(H,17,18). The number of carboxylic acid groups (broad SMARTS) is 1. The fourth-order valence-electron chi connectivity index (χ4n) is 1.60. The van der Waals surface area contributed by atoms with Crippen LogP contribution >= 0.6 is 11.3 Å². The lowest BCUT2D eigenvalue weighted by Gasteiger charge is -2.02. The molecule has 0 amide bonds. The smallest absolute Gasteiger partial charge is 0.347 e. The highest BCUT2D eigenvalue weighted by molar-refractivity contribution is 7.17. The predicted molar refractivity (Wildman–Crippen MR) is 72.3 cm³/mol. The van der Waals surface area contributed by atoms with Crippen molar-refractivity contribution in [3.63, 3.8) is 0 Å². The fourth-order valence-corrected chi connectivity index (χ4v) is 2.40. The van der Waals surface area contributed by atoms with Gasteiger partial charge in [0.2, 0.25) is 0 Å². The second kappa shape index (κ2) is 5.50. The minimum Gasteiger partial charge on any atom is -0.477 e. The van der Waals surface area contributed by atoms with Gasteiger partial charge in [-0.1, -0.05) is 23.5 Å². The van der Waals surface area contributed by atoms with Crippen molar-refractivity contribution in [2.45, 2.75) is 13.5 Å². The van der Waals surface area contributed by atoms with Crippen LogP contribution in [0.5, 0.6) is 0 Å². The van der Waals surface area contributed by atoms with Crippen molar-refractivity contribution in [1.82, 2.24) is 4.98 Å².